The molecule has 0 saturated heterocycles. The highest BCUT2D eigenvalue weighted by atomic mass is 16.5. The number of carbonyl (C=O) groups excluding carboxylic acids is 1. The average Bonchev–Trinajstić information content (AvgIpc) is 3.32. The fourth-order valence-electron chi connectivity index (χ4n) is 4.78. The molecule has 0 radical (unpaired) electrons. The minimum absolute atomic E-state index is 0.00185. The zero-order valence-corrected chi connectivity index (χ0v) is 19.2. The van der Waals surface area contributed by atoms with Crippen LogP contribution in [0.2, 0.25) is 0 Å². The summed E-state index contributed by atoms with van der Waals surface area (Å²) in [5, 5.41) is 4.40. The van der Waals surface area contributed by atoms with Crippen LogP contribution in [0.3, 0.4) is 0 Å². The summed E-state index contributed by atoms with van der Waals surface area (Å²) in [6.45, 7) is 1.44. The summed E-state index contributed by atoms with van der Waals surface area (Å²) in [5.41, 5.74) is 6.80. The predicted octanol–water partition coefficient (Wildman–Crippen LogP) is 6.74. The van der Waals surface area contributed by atoms with Gasteiger partial charge in [-0.25, -0.2) is 0 Å². The Morgan fingerprint density at radius 1 is 0.971 bits per heavy atom. The molecule has 0 amide bonds. The molecule has 34 heavy (non-hydrogen) atoms. The Hall–Kier alpha value is -3.92. The zero-order valence-electron chi connectivity index (χ0n) is 19.2. The van der Waals surface area contributed by atoms with Crippen molar-refractivity contribution in [2.75, 3.05) is 0 Å². The normalized spacial score (nSPS) is 14.2. The lowest BCUT2D eigenvalue weighted by Crippen LogP contribution is -2.09. The van der Waals surface area contributed by atoms with Gasteiger partial charge in [0.2, 0.25) is 0 Å². The van der Waals surface area contributed by atoms with E-state index < -0.39 is 0 Å². The number of esters is 1. The molecule has 1 aliphatic carbocycles. The van der Waals surface area contributed by atoms with Crippen LogP contribution in [0, 0.1) is 0 Å². The summed E-state index contributed by atoms with van der Waals surface area (Å²) in [6.07, 6.45) is 5.87. The highest BCUT2D eigenvalue weighted by Gasteiger charge is 2.22. The van der Waals surface area contributed by atoms with Crippen LogP contribution in [0.25, 0.3) is 5.57 Å². The van der Waals surface area contributed by atoms with Gasteiger partial charge in [0.25, 0.3) is 0 Å². The Bertz CT molecular complexity index is 1270. The molecular formula is C30H27NO3. The number of hydrogen-bond donors (Lipinski definition) is 0. The van der Waals surface area contributed by atoms with Crippen molar-refractivity contribution in [1.82, 2.24) is 5.16 Å². The smallest absolute Gasteiger partial charge is 0.308 e. The number of allylic oxidation sites excluding steroid dienone is 2. The van der Waals surface area contributed by atoms with Crippen molar-refractivity contribution in [3.8, 4) is 5.75 Å². The first-order valence-corrected chi connectivity index (χ1v) is 11.7. The minimum Gasteiger partial charge on any atom is -0.426 e. The molecule has 1 heterocycles. The third kappa shape index (κ3) is 4.72. The molecule has 1 aliphatic rings. The molecule has 170 valence electrons. The van der Waals surface area contributed by atoms with Gasteiger partial charge in [-0.2, -0.15) is 0 Å². The molecule has 0 aliphatic heterocycles. The number of ether oxygens (including phenoxy) is 1. The monoisotopic (exact) mass is 449 g/mol. The minimum atomic E-state index is -0.286. The van der Waals surface area contributed by atoms with Gasteiger partial charge in [0.05, 0.1) is 11.6 Å². The molecule has 0 atom stereocenters. The quantitative estimate of drug-likeness (QED) is 0.242. The number of rotatable bonds is 6. The van der Waals surface area contributed by atoms with Crippen LogP contribution in [0.5, 0.6) is 5.75 Å². The van der Waals surface area contributed by atoms with Crippen molar-refractivity contribution < 1.29 is 14.1 Å². The number of fused-ring (bicyclic) bond motifs is 1. The van der Waals surface area contributed by atoms with Gasteiger partial charge in [0.15, 0.2) is 0 Å². The molecule has 4 aromatic rings. The van der Waals surface area contributed by atoms with Crippen LogP contribution < -0.4 is 4.74 Å². The van der Waals surface area contributed by atoms with E-state index in [0.29, 0.717) is 12.2 Å². The second kappa shape index (κ2) is 9.92. The zero-order chi connectivity index (χ0) is 23.3. The summed E-state index contributed by atoms with van der Waals surface area (Å²) in [4.78, 5) is 11.5. The van der Waals surface area contributed by atoms with Crippen molar-refractivity contribution in [3.05, 3.63) is 125 Å². The maximum atomic E-state index is 11.5. The first kappa shape index (κ1) is 21.9. The lowest BCUT2D eigenvalue weighted by Gasteiger charge is -2.21. The number of hydrogen-bond acceptors (Lipinski definition) is 4. The van der Waals surface area contributed by atoms with Crippen LogP contribution in [-0.4, -0.2) is 11.1 Å². The second-order valence-electron chi connectivity index (χ2n) is 8.64. The molecular weight excluding hydrogens is 422 g/mol. The van der Waals surface area contributed by atoms with Crippen LogP contribution in [-0.2, 0) is 17.6 Å². The van der Waals surface area contributed by atoms with Crippen LogP contribution in [0.1, 0.15) is 59.4 Å². The van der Waals surface area contributed by atoms with E-state index in [4.69, 9.17) is 9.26 Å². The van der Waals surface area contributed by atoms with E-state index in [2.05, 4.69) is 71.9 Å². The third-order valence-electron chi connectivity index (χ3n) is 6.29. The Morgan fingerprint density at radius 2 is 1.68 bits per heavy atom. The van der Waals surface area contributed by atoms with E-state index in [1.54, 1.807) is 0 Å². The summed E-state index contributed by atoms with van der Waals surface area (Å²) in [7, 11) is 0. The van der Waals surface area contributed by atoms with Gasteiger partial charge < -0.3 is 9.26 Å². The standard InChI is InChI=1S/C30H27NO3/c1-21(32)33-28-17-9-15-26-22(14-8-16-27(26)28)18-19-25-20-29(34-31-25)30(23-10-4-2-5-11-23)24-12-6-3-7-13-24/h2-7,9-13,15,17-18,20,30H,8,14,16,19H2,1H3. The van der Waals surface area contributed by atoms with E-state index in [1.807, 2.05) is 24.3 Å². The first-order chi connectivity index (χ1) is 16.7. The Labute approximate surface area is 199 Å². The molecule has 0 bridgehead atoms. The predicted molar refractivity (Wildman–Crippen MR) is 133 cm³/mol. The molecule has 3 aromatic carbocycles. The first-order valence-electron chi connectivity index (χ1n) is 11.7. The molecule has 0 N–H and O–H groups in total. The fraction of sp³-hybridized carbons (Fsp3) is 0.200. The Kier molecular flexibility index (Phi) is 6.39. The number of carbonyl (C=O) groups is 1. The van der Waals surface area contributed by atoms with Gasteiger partial charge in [-0.05, 0) is 47.6 Å². The van der Waals surface area contributed by atoms with Crippen molar-refractivity contribution in [2.24, 2.45) is 0 Å². The number of benzene rings is 3. The second-order valence-corrected chi connectivity index (χ2v) is 8.64. The third-order valence-corrected chi connectivity index (χ3v) is 6.29. The molecule has 4 heteroatoms. The summed E-state index contributed by atoms with van der Waals surface area (Å²) >= 11 is 0. The molecule has 0 saturated carbocycles. The fourth-order valence-corrected chi connectivity index (χ4v) is 4.78. The van der Waals surface area contributed by atoms with Gasteiger partial charge >= 0.3 is 5.97 Å². The highest BCUT2D eigenvalue weighted by Crippen LogP contribution is 2.37. The number of aromatic nitrogens is 1. The number of nitrogens with zero attached hydrogens (tertiary/aromatic N) is 1. The summed E-state index contributed by atoms with van der Waals surface area (Å²) < 4.78 is 11.3. The van der Waals surface area contributed by atoms with E-state index in [0.717, 1.165) is 36.3 Å². The van der Waals surface area contributed by atoms with Crippen LogP contribution in [0.15, 0.2) is 95.5 Å². The summed E-state index contributed by atoms with van der Waals surface area (Å²) in [6, 6.07) is 28.8. The van der Waals surface area contributed by atoms with Crippen LogP contribution in [0.4, 0.5) is 0 Å². The maximum absolute atomic E-state index is 11.5. The largest absolute Gasteiger partial charge is 0.426 e. The molecule has 5 rings (SSSR count). The van der Waals surface area contributed by atoms with E-state index in [9.17, 15) is 4.79 Å². The van der Waals surface area contributed by atoms with Gasteiger partial charge in [-0.15, -0.1) is 0 Å². The van der Waals surface area contributed by atoms with Crippen molar-refractivity contribution in [1.29, 1.82) is 0 Å². The van der Waals surface area contributed by atoms with E-state index in [-0.39, 0.29) is 11.9 Å². The summed E-state index contributed by atoms with van der Waals surface area (Å²) in [5.74, 6) is 1.23. The average molecular weight is 450 g/mol. The molecule has 0 spiro atoms. The van der Waals surface area contributed by atoms with Crippen molar-refractivity contribution in [3.63, 3.8) is 0 Å². The Morgan fingerprint density at radius 3 is 2.35 bits per heavy atom. The van der Waals surface area contributed by atoms with Gasteiger partial charge in [0, 0.05) is 25.0 Å². The molecule has 0 fully saturated rings. The maximum Gasteiger partial charge on any atom is 0.308 e. The molecule has 1 aromatic heterocycles. The van der Waals surface area contributed by atoms with Gasteiger partial charge in [-0.1, -0.05) is 84.0 Å². The van der Waals surface area contributed by atoms with Gasteiger partial charge in [0.1, 0.15) is 11.5 Å². The lowest BCUT2D eigenvalue weighted by molar-refractivity contribution is -0.131. The van der Waals surface area contributed by atoms with E-state index >= 15 is 0 Å². The van der Waals surface area contributed by atoms with Gasteiger partial charge in [-0.3, -0.25) is 4.79 Å². The van der Waals surface area contributed by atoms with E-state index in [1.165, 1.54) is 29.2 Å². The van der Waals surface area contributed by atoms with Crippen molar-refractivity contribution in [2.45, 2.75) is 38.5 Å². The van der Waals surface area contributed by atoms with Crippen LogP contribution >= 0.6 is 0 Å². The lowest BCUT2D eigenvalue weighted by atomic mass is 9.86. The Balaban J connectivity index is 1.42. The topological polar surface area (TPSA) is 52.3 Å². The SMILES string of the molecule is CC(=O)Oc1cccc2c1CCCC2=CCc1cc(C(c2ccccc2)c2ccccc2)on1. The molecule has 4 nitrogen and oxygen atoms in total. The van der Waals surface area contributed by atoms with Crippen molar-refractivity contribution >= 4 is 11.5 Å². The molecule has 0 unspecified atom stereocenters. The highest BCUT2D eigenvalue weighted by molar-refractivity contribution is 5.75.